The molecule has 1 atom stereocenters. The second-order valence-electron chi connectivity index (χ2n) is 7.00. The highest BCUT2D eigenvalue weighted by Gasteiger charge is 2.24. The van der Waals surface area contributed by atoms with Crippen LogP contribution in [0.5, 0.6) is 17.2 Å². The van der Waals surface area contributed by atoms with Gasteiger partial charge in [-0.3, -0.25) is 4.90 Å². The van der Waals surface area contributed by atoms with Gasteiger partial charge in [0.1, 0.15) is 15.6 Å². The van der Waals surface area contributed by atoms with Crippen LogP contribution in [0.4, 0.5) is 0 Å². The number of ether oxygens (including phenoxy) is 3. The molecule has 25 heavy (non-hydrogen) atoms. The average Bonchev–Trinajstić information content (AvgIpc) is 2.77. The van der Waals surface area contributed by atoms with Crippen molar-refractivity contribution in [2.75, 3.05) is 45.4 Å². The van der Waals surface area contributed by atoms with Crippen LogP contribution in [0.2, 0.25) is 0 Å². The van der Waals surface area contributed by atoms with Crippen LogP contribution in [0, 0.1) is 5.92 Å². The maximum atomic E-state index is 11.6. The Morgan fingerprint density at radius 2 is 1.92 bits per heavy atom. The largest absolute Gasteiger partial charge is 0.496 e. The first-order valence-electron chi connectivity index (χ1n) is 8.81. The molecule has 1 fully saturated rings. The number of likely N-dealkylation sites (tertiary alicyclic amines) is 1. The van der Waals surface area contributed by atoms with Gasteiger partial charge < -0.3 is 14.2 Å². The molecule has 0 radical (unpaired) electrons. The summed E-state index contributed by atoms with van der Waals surface area (Å²) in [4.78, 5) is 2.31. The highest BCUT2D eigenvalue weighted by Crippen LogP contribution is 2.37. The molecular formula is C18H27NO5S. The van der Waals surface area contributed by atoms with E-state index in [-0.39, 0.29) is 11.7 Å². The Morgan fingerprint density at radius 1 is 1.20 bits per heavy atom. The van der Waals surface area contributed by atoms with Crippen LogP contribution >= 0.6 is 0 Å². The summed E-state index contributed by atoms with van der Waals surface area (Å²) in [5.74, 6) is 2.75. The molecule has 0 saturated carbocycles. The van der Waals surface area contributed by atoms with Crippen molar-refractivity contribution in [1.82, 2.24) is 4.90 Å². The molecule has 140 valence electrons. The van der Waals surface area contributed by atoms with Gasteiger partial charge in [0.25, 0.3) is 0 Å². The highest BCUT2D eigenvalue weighted by molar-refractivity contribution is 7.90. The van der Waals surface area contributed by atoms with Crippen molar-refractivity contribution in [3.8, 4) is 17.2 Å². The lowest BCUT2D eigenvalue weighted by Gasteiger charge is -2.32. The Balaban J connectivity index is 1.74. The molecule has 2 aliphatic rings. The first-order valence-corrected chi connectivity index (χ1v) is 10.9. The number of hydrogen-bond donors (Lipinski definition) is 0. The van der Waals surface area contributed by atoms with Gasteiger partial charge in [-0.25, -0.2) is 8.42 Å². The van der Waals surface area contributed by atoms with Crippen molar-refractivity contribution in [1.29, 1.82) is 0 Å². The van der Waals surface area contributed by atoms with Crippen LogP contribution in [-0.2, 0) is 16.4 Å². The number of hydrogen-bond acceptors (Lipinski definition) is 6. The first kappa shape index (κ1) is 18.3. The lowest BCUT2D eigenvalue weighted by Crippen LogP contribution is -2.37. The Bertz CT molecular complexity index is 704. The average molecular weight is 369 g/mol. The third-order valence-corrected chi connectivity index (χ3v) is 5.76. The van der Waals surface area contributed by atoms with Crippen LogP contribution in [0.3, 0.4) is 0 Å². The van der Waals surface area contributed by atoms with Gasteiger partial charge in [-0.15, -0.1) is 0 Å². The van der Waals surface area contributed by atoms with Crippen molar-refractivity contribution >= 4 is 9.84 Å². The first-order chi connectivity index (χ1) is 11.9. The SMILES string of the molecule is COc1cc2c(cc1CN1CCCC(CS(C)(=O)=O)C1)OCCCO2. The number of piperidine rings is 1. The molecule has 7 heteroatoms. The minimum Gasteiger partial charge on any atom is -0.496 e. The van der Waals surface area contributed by atoms with Crippen LogP contribution in [0.25, 0.3) is 0 Å². The van der Waals surface area contributed by atoms with E-state index >= 15 is 0 Å². The molecule has 0 N–H and O–H groups in total. The topological polar surface area (TPSA) is 65.1 Å². The molecule has 3 rings (SSSR count). The minimum atomic E-state index is -2.94. The Labute approximate surface area is 150 Å². The van der Waals surface area contributed by atoms with Crippen molar-refractivity contribution in [2.24, 2.45) is 5.92 Å². The summed E-state index contributed by atoms with van der Waals surface area (Å²) in [5.41, 5.74) is 1.05. The van der Waals surface area contributed by atoms with Gasteiger partial charge in [-0.1, -0.05) is 0 Å². The van der Waals surface area contributed by atoms with E-state index in [1.165, 1.54) is 6.26 Å². The van der Waals surface area contributed by atoms with Crippen molar-refractivity contribution < 1.29 is 22.6 Å². The molecule has 0 amide bonds. The molecule has 1 unspecified atom stereocenters. The van der Waals surface area contributed by atoms with E-state index in [0.29, 0.717) is 13.2 Å². The van der Waals surface area contributed by atoms with Gasteiger partial charge in [0, 0.05) is 37.4 Å². The maximum absolute atomic E-state index is 11.6. The number of fused-ring (bicyclic) bond motifs is 1. The monoisotopic (exact) mass is 369 g/mol. The molecule has 1 aromatic rings. The molecule has 2 heterocycles. The summed E-state index contributed by atoms with van der Waals surface area (Å²) >= 11 is 0. The standard InChI is InChI=1S/C18H27NO5S/c1-22-16-10-18-17(23-7-4-8-24-18)9-15(16)12-19-6-3-5-14(11-19)13-25(2,20)21/h9-10,14H,3-8,11-13H2,1-2H3. The zero-order chi connectivity index (χ0) is 17.9. The second-order valence-corrected chi connectivity index (χ2v) is 9.18. The van der Waals surface area contributed by atoms with Crippen LogP contribution in [0.15, 0.2) is 12.1 Å². The zero-order valence-electron chi connectivity index (χ0n) is 15.0. The van der Waals surface area contributed by atoms with E-state index in [1.54, 1.807) is 7.11 Å². The Kier molecular flexibility index (Phi) is 5.74. The molecule has 1 aromatic carbocycles. The molecule has 1 saturated heterocycles. The predicted octanol–water partition coefficient (Wildman–Crippen LogP) is 2.11. The Morgan fingerprint density at radius 3 is 2.60 bits per heavy atom. The van der Waals surface area contributed by atoms with Gasteiger partial charge >= 0.3 is 0 Å². The summed E-state index contributed by atoms with van der Waals surface area (Å²) in [6.07, 6.45) is 4.18. The molecule has 6 nitrogen and oxygen atoms in total. The van der Waals surface area contributed by atoms with Crippen LogP contribution in [-0.4, -0.2) is 58.7 Å². The minimum absolute atomic E-state index is 0.204. The van der Waals surface area contributed by atoms with E-state index in [9.17, 15) is 8.42 Å². The maximum Gasteiger partial charge on any atom is 0.164 e. The lowest BCUT2D eigenvalue weighted by molar-refractivity contribution is 0.176. The zero-order valence-corrected chi connectivity index (χ0v) is 15.8. The number of sulfone groups is 1. The number of methoxy groups -OCH3 is 1. The Hall–Kier alpha value is -1.47. The van der Waals surface area contributed by atoms with Gasteiger partial charge in [-0.2, -0.15) is 0 Å². The lowest BCUT2D eigenvalue weighted by atomic mass is 9.99. The fourth-order valence-electron chi connectivity index (χ4n) is 3.65. The summed E-state index contributed by atoms with van der Waals surface area (Å²) < 4.78 is 40.2. The smallest absolute Gasteiger partial charge is 0.164 e. The molecular weight excluding hydrogens is 342 g/mol. The van der Waals surface area contributed by atoms with E-state index in [2.05, 4.69) is 4.90 Å². The third-order valence-electron chi connectivity index (χ3n) is 4.69. The quantitative estimate of drug-likeness (QED) is 0.792. The van der Waals surface area contributed by atoms with Gasteiger partial charge in [0.15, 0.2) is 11.5 Å². The van der Waals surface area contributed by atoms with Crippen molar-refractivity contribution in [3.05, 3.63) is 17.7 Å². The number of benzene rings is 1. The second kappa shape index (κ2) is 7.83. The molecule has 0 aromatic heterocycles. The summed E-state index contributed by atoms with van der Waals surface area (Å²) in [7, 11) is -1.28. The number of rotatable bonds is 5. The highest BCUT2D eigenvalue weighted by atomic mass is 32.2. The van der Waals surface area contributed by atoms with E-state index in [1.807, 2.05) is 12.1 Å². The predicted molar refractivity (Wildman–Crippen MR) is 96.3 cm³/mol. The van der Waals surface area contributed by atoms with Crippen molar-refractivity contribution in [2.45, 2.75) is 25.8 Å². The molecule has 0 aliphatic carbocycles. The van der Waals surface area contributed by atoms with E-state index in [4.69, 9.17) is 14.2 Å². The summed E-state index contributed by atoms with van der Waals surface area (Å²) in [6.45, 7) is 3.79. The van der Waals surface area contributed by atoms with Crippen LogP contribution < -0.4 is 14.2 Å². The fraction of sp³-hybridized carbons (Fsp3) is 0.667. The van der Waals surface area contributed by atoms with Crippen molar-refractivity contribution in [3.63, 3.8) is 0 Å². The van der Waals surface area contributed by atoms with Gasteiger partial charge in [0.2, 0.25) is 0 Å². The molecule has 2 aliphatic heterocycles. The van der Waals surface area contributed by atoms with Crippen LogP contribution in [0.1, 0.15) is 24.8 Å². The summed E-state index contributed by atoms with van der Waals surface area (Å²) in [5, 5.41) is 0. The molecule has 0 spiro atoms. The van der Waals surface area contributed by atoms with Gasteiger partial charge in [0.05, 0.1) is 26.1 Å². The third kappa shape index (κ3) is 5.01. The van der Waals surface area contributed by atoms with E-state index < -0.39 is 9.84 Å². The summed E-state index contributed by atoms with van der Waals surface area (Å²) in [6, 6.07) is 3.90. The van der Waals surface area contributed by atoms with E-state index in [0.717, 1.165) is 61.7 Å². The molecule has 0 bridgehead atoms. The normalized spacial score (nSPS) is 21.6. The van der Waals surface area contributed by atoms with Gasteiger partial charge in [-0.05, 0) is 31.4 Å². The fourth-order valence-corrected chi connectivity index (χ4v) is 4.77. The number of nitrogens with zero attached hydrogens (tertiary/aromatic N) is 1.